The first-order valence-electron chi connectivity index (χ1n) is 12.2. The van der Waals surface area contributed by atoms with Crippen LogP contribution < -0.4 is 0 Å². The highest BCUT2D eigenvalue weighted by molar-refractivity contribution is 5.96. The molecular formula is C26H34N4O. The van der Waals surface area contributed by atoms with Crippen LogP contribution in [0.15, 0.2) is 30.3 Å². The van der Waals surface area contributed by atoms with Crippen molar-refractivity contribution in [3.8, 4) is 5.69 Å². The van der Waals surface area contributed by atoms with Gasteiger partial charge in [-0.05, 0) is 82.3 Å². The van der Waals surface area contributed by atoms with Crippen molar-refractivity contribution in [2.75, 3.05) is 26.2 Å². The van der Waals surface area contributed by atoms with Crippen molar-refractivity contribution in [3.63, 3.8) is 0 Å². The second-order valence-electron chi connectivity index (χ2n) is 10.7. The van der Waals surface area contributed by atoms with E-state index >= 15 is 0 Å². The van der Waals surface area contributed by atoms with Crippen molar-refractivity contribution in [2.45, 2.75) is 57.9 Å². The highest BCUT2D eigenvalue weighted by atomic mass is 16.2. The van der Waals surface area contributed by atoms with E-state index in [2.05, 4.69) is 9.80 Å². The summed E-state index contributed by atoms with van der Waals surface area (Å²) in [7, 11) is 0. The number of hydrogen-bond donors (Lipinski definition) is 0. The summed E-state index contributed by atoms with van der Waals surface area (Å²) in [4.78, 5) is 18.4. The molecule has 1 aromatic carbocycles. The first-order valence-corrected chi connectivity index (χ1v) is 12.2. The van der Waals surface area contributed by atoms with Gasteiger partial charge in [0.15, 0.2) is 0 Å². The molecule has 1 aliphatic heterocycles. The molecule has 0 unspecified atom stereocenters. The van der Waals surface area contributed by atoms with Crippen molar-refractivity contribution in [2.24, 2.45) is 17.8 Å². The topological polar surface area (TPSA) is 41.4 Å². The second kappa shape index (κ2) is 7.19. The van der Waals surface area contributed by atoms with Gasteiger partial charge in [0.25, 0.3) is 5.91 Å². The third-order valence-electron chi connectivity index (χ3n) is 8.75. The molecule has 2 heterocycles. The highest BCUT2D eigenvalue weighted by Crippen LogP contribution is 2.57. The lowest BCUT2D eigenvalue weighted by Crippen LogP contribution is -2.64. The van der Waals surface area contributed by atoms with E-state index in [4.69, 9.17) is 5.10 Å². The van der Waals surface area contributed by atoms with Crippen LogP contribution in [-0.4, -0.2) is 57.2 Å². The summed E-state index contributed by atoms with van der Waals surface area (Å²) < 4.78 is 1.91. The number of para-hydroxylation sites is 1. The molecule has 2 aromatic rings. The average molecular weight is 419 g/mol. The fourth-order valence-corrected chi connectivity index (χ4v) is 7.77. The molecule has 164 valence electrons. The van der Waals surface area contributed by atoms with Crippen LogP contribution in [0.1, 0.15) is 60.3 Å². The molecule has 1 aromatic heterocycles. The van der Waals surface area contributed by atoms with E-state index in [1.807, 2.05) is 48.9 Å². The lowest BCUT2D eigenvalue weighted by molar-refractivity contribution is -0.0987. The number of aromatic nitrogens is 2. The van der Waals surface area contributed by atoms with Gasteiger partial charge in [-0.15, -0.1) is 0 Å². The van der Waals surface area contributed by atoms with Crippen LogP contribution in [0.3, 0.4) is 0 Å². The van der Waals surface area contributed by atoms with E-state index in [9.17, 15) is 4.79 Å². The van der Waals surface area contributed by atoms with Gasteiger partial charge < -0.3 is 4.90 Å². The van der Waals surface area contributed by atoms with Crippen LogP contribution in [0.25, 0.3) is 5.69 Å². The minimum Gasteiger partial charge on any atom is -0.336 e. The van der Waals surface area contributed by atoms with E-state index in [-0.39, 0.29) is 5.91 Å². The van der Waals surface area contributed by atoms with Gasteiger partial charge in [-0.3, -0.25) is 9.69 Å². The molecule has 4 aliphatic carbocycles. The molecule has 0 radical (unpaired) electrons. The number of benzene rings is 1. The van der Waals surface area contributed by atoms with Gasteiger partial charge in [0.2, 0.25) is 0 Å². The van der Waals surface area contributed by atoms with E-state index < -0.39 is 0 Å². The van der Waals surface area contributed by atoms with E-state index in [0.29, 0.717) is 5.54 Å². The molecule has 7 rings (SSSR count). The Morgan fingerprint density at radius 1 is 0.903 bits per heavy atom. The summed E-state index contributed by atoms with van der Waals surface area (Å²) in [6.45, 7) is 7.73. The first-order chi connectivity index (χ1) is 15.0. The number of carbonyl (C=O) groups is 1. The minimum absolute atomic E-state index is 0.155. The van der Waals surface area contributed by atoms with Crippen LogP contribution in [0.5, 0.6) is 0 Å². The van der Waals surface area contributed by atoms with Crippen LogP contribution >= 0.6 is 0 Å². The van der Waals surface area contributed by atoms with Crippen molar-refractivity contribution in [1.29, 1.82) is 0 Å². The smallest absolute Gasteiger partial charge is 0.257 e. The van der Waals surface area contributed by atoms with E-state index in [0.717, 1.165) is 66.6 Å². The summed E-state index contributed by atoms with van der Waals surface area (Å²) in [6.07, 6.45) is 8.70. The molecule has 4 bridgehead atoms. The van der Waals surface area contributed by atoms with Gasteiger partial charge in [-0.25, -0.2) is 4.68 Å². The summed E-state index contributed by atoms with van der Waals surface area (Å²) in [5.41, 5.74) is 4.02. The molecule has 4 saturated carbocycles. The highest BCUT2D eigenvalue weighted by Gasteiger charge is 2.53. The predicted octanol–water partition coefficient (Wildman–Crippen LogP) is 4.22. The largest absolute Gasteiger partial charge is 0.336 e. The van der Waals surface area contributed by atoms with Crippen LogP contribution in [0, 0.1) is 31.6 Å². The third kappa shape index (κ3) is 3.15. The molecular weight excluding hydrogens is 384 g/mol. The van der Waals surface area contributed by atoms with Crippen molar-refractivity contribution < 1.29 is 4.79 Å². The van der Waals surface area contributed by atoms with Gasteiger partial charge in [0.1, 0.15) is 0 Å². The summed E-state index contributed by atoms with van der Waals surface area (Å²) in [5.74, 6) is 3.07. The molecule has 1 saturated heterocycles. The Balaban J connectivity index is 1.18. The van der Waals surface area contributed by atoms with E-state index in [1.165, 1.54) is 38.5 Å². The van der Waals surface area contributed by atoms with Crippen LogP contribution in [0.4, 0.5) is 0 Å². The summed E-state index contributed by atoms with van der Waals surface area (Å²) >= 11 is 0. The van der Waals surface area contributed by atoms with Crippen LogP contribution in [-0.2, 0) is 0 Å². The predicted molar refractivity (Wildman–Crippen MR) is 121 cm³/mol. The van der Waals surface area contributed by atoms with Crippen molar-refractivity contribution in [3.05, 3.63) is 47.3 Å². The number of hydrogen-bond acceptors (Lipinski definition) is 3. The number of nitrogens with zero attached hydrogens (tertiary/aromatic N) is 4. The Hall–Kier alpha value is -2.14. The molecule has 5 fully saturated rings. The normalized spacial score (nSPS) is 32.6. The maximum Gasteiger partial charge on any atom is 0.257 e. The van der Waals surface area contributed by atoms with Gasteiger partial charge in [0.05, 0.1) is 22.6 Å². The second-order valence-corrected chi connectivity index (χ2v) is 10.7. The Morgan fingerprint density at radius 2 is 1.48 bits per heavy atom. The summed E-state index contributed by atoms with van der Waals surface area (Å²) in [6, 6.07) is 10.1. The van der Waals surface area contributed by atoms with Gasteiger partial charge in [-0.2, -0.15) is 5.10 Å². The molecule has 5 heteroatoms. The SMILES string of the molecule is Cc1nn(-c2ccccc2)c(C)c1C(=O)N1CCN(C23CC4CC(CC(C4)C2)C3)CC1. The zero-order chi connectivity index (χ0) is 21.2. The lowest BCUT2D eigenvalue weighted by Gasteiger charge is -2.61. The molecule has 0 spiro atoms. The standard InChI is InChI=1S/C26H34N4O/c1-18-24(19(2)30(27-18)23-6-4-3-5-7-23)25(31)28-8-10-29(11-9-28)26-15-20-12-21(16-26)14-22(13-20)17-26/h3-7,20-22H,8-17H2,1-2H3. The maximum absolute atomic E-state index is 13.5. The molecule has 31 heavy (non-hydrogen) atoms. The van der Waals surface area contributed by atoms with Gasteiger partial charge in [0, 0.05) is 31.7 Å². The zero-order valence-corrected chi connectivity index (χ0v) is 18.9. The quantitative estimate of drug-likeness (QED) is 0.750. The average Bonchev–Trinajstić information content (AvgIpc) is 3.07. The molecule has 0 atom stereocenters. The molecule has 1 amide bonds. The zero-order valence-electron chi connectivity index (χ0n) is 18.9. The van der Waals surface area contributed by atoms with Crippen LogP contribution in [0.2, 0.25) is 0 Å². The monoisotopic (exact) mass is 418 g/mol. The number of carbonyl (C=O) groups excluding carboxylic acids is 1. The Labute approximate surface area is 185 Å². The first kappa shape index (κ1) is 19.5. The minimum atomic E-state index is 0.155. The molecule has 0 N–H and O–H groups in total. The van der Waals surface area contributed by atoms with Crippen molar-refractivity contribution in [1.82, 2.24) is 19.6 Å². The lowest BCUT2D eigenvalue weighted by atomic mass is 9.52. The number of aryl methyl sites for hydroxylation is 1. The number of rotatable bonds is 3. The molecule has 5 nitrogen and oxygen atoms in total. The Morgan fingerprint density at radius 3 is 2.06 bits per heavy atom. The van der Waals surface area contributed by atoms with Crippen molar-refractivity contribution >= 4 is 5.91 Å². The van der Waals surface area contributed by atoms with Gasteiger partial charge >= 0.3 is 0 Å². The maximum atomic E-state index is 13.5. The van der Waals surface area contributed by atoms with E-state index in [1.54, 1.807) is 0 Å². The van der Waals surface area contributed by atoms with Gasteiger partial charge in [-0.1, -0.05) is 18.2 Å². The third-order valence-corrected chi connectivity index (χ3v) is 8.75. The number of piperazine rings is 1. The molecule has 5 aliphatic rings. The number of amides is 1. The Kier molecular flexibility index (Phi) is 4.53. The summed E-state index contributed by atoms with van der Waals surface area (Å²) in [5, 5.41) is 4.70. The fourth-order valence-electron chi connectivity index (χ4n) is 7.77. The Bertz CT molecular complexity index is 951. The fraction of sp³-hybridized carbons (Fsp3) is 0.615.